The number of halogens is 4. The Morgan fingerprint density at radius 3 is 2.53 bits per heavy atom. The number of methoxy groups -OCH3 is 1. The number of hydrogen-bond donors (Lipinski definition) is 1. The van der Waals surface area contributed by atoms with Crippen LogP contribution in [-0.2, 0) is 11.9 Å². The maximum absolute atomic E-state index is 12.2. The molecule has 8 heteroatoms. The molecule has 1 heterocycles. The van der Waals surface area contributed by atoms with Crippen LogP contribution in [0.1, 0.15) is 11.3 Å². The van der Waals surface area contributed by atoms with Gasteiger partial charge in [0.2, 0.25) is 0 Å². The van der Waals surface area contributed by atoms with Gasteiger partial charge in [-0.2, -0.15) is 0 Å². The topological polar surface area (TPSA) is 51.6 Å². The first kappa shape index (κ1) is 14.0. The fourth-order valence-corrected chi connectivity index (χ4v) is 1.69. The minimum atomic E-state index is -4.86. The van der Waals surface area contributed by atoms with Crippen LogP contribution in [0, 0.1) is 0 Å². The van der Waals surface area contributed by atoms with Crippen LogP contribution in [0.5, 0.6) is 11.5 Å². The molecule has 0 aliphatic rings. The van der Waals surface area contributed by atoms with Crippen molar-refractivity contribution in [1.29, 1.82) is 0 Å². The number of rotatable bonds is 4. The van der Waals surface area contributed by atoms with E-state index in [2.05, 4.69) is 25.7 Å². The smallest absolute Gasteiger partial charge is 0.491 e. The zero-order chi connectivity index (χ0) is 13.1. The van der Waals surface area contributed by atoms with Crippen LogP contribution in [0.4, 0.5) is 13.2 Å². The molecule has 1 rings (SSSR count). The predicted octanol–water partition coefficient (Wildman–Crippen LogP) is 2.38. The Balaban J connectivity index is 3.30. The lowest BCUT2D eigenvalue weighted by Crippen LogP contribution is -2.19. The number of aromatic nitrogens is 1. The lowest BCUT2D eigenvalue weighted by molar-refractivity contribution is -0.275. The first-order valence-corrected chi connectivity index (χ1v) is 5.52. The van der Waals surface area contributed by atoms with E-state index in [0.717, 1.165) is 6.20 Å². The zero-order valence-corrected chi connectivity index (χ0v) is 10.3. The third-order valence-electron chi connectivity index (χ3n) is 1.91. The Morgan fingerprint density at radius 2 is 2.12 bits per heavy atom. The third kappa shape index (κ3) is 3.47. The molecule has 1 N–H and O–H groups in total. The van der Waals surface area contributed by atoms with Crippen molar-refractivity contribution in [2.45, 2.75) is 18.3 Å². The first-order chi connectivity index (χ1) is 7.92. The maximum atomic E-state index is 12.2. The van der Waals surface area contributed by atoms with E-state index in [1.807, 2.05) is 0 Å². The highest BCUT2D eigenvalue weighted by atomic mass is 79.9. The molecule has 1 aromatic heterocycles. The van der Waals surface area contributed by atoms with Crippen LogP contribution >= 0.6 is 15.9 Å². The summed E-state index contributed by atoms with van der Waals surface area (Å²) < 4.78 is 45.2. The van der Waals surface area contributed by atoms with Crippen LogP contribution in [0.3, 0.4) is 0 Å². The van der Waals surface area contributed by atoms with Crippen LogP contribution in [0.15, 0.2) is 6.20 Å². The van der Waals surface area contributed by atoms with Crippen LogP contribution in [0.25, 0.3) is 0 Å². The molecule has 1 aromatic rings. The summed E-state index contributed by atoms with van der Waals surface area (Å²) >= 11 is 3.06. The second-order valence-corrected chi connectivity index (χ2v) is 3.48. The van der Waals surface area contributed by atoms with E-state index in [1.165, 1.54) is 7.11 Å². The highest BCUT2D eigenvalue weighted by molar-refractivity contribution is 9.08. The molecule has 0 aliphatic carbocycles. The van der Waals surface area contributed by atoms with Gasteiger partial charge in [-0.25, -0.2) is 0 Å². The lowest BCUT2D eigenvalue weighted by Gasteiger charge is -2.16. The highest BCUT2D eigenvalue weighted by Gasteiger charge is 2.34. The van der Waals surface area contributed by atoms with Crippen molar-refractivity contribution in [1.82, 2.24) is 4.98 Å². The summed E-state index contributed by atoms with van der Waals surface area (Å²) in [6, 6.07) is 0. The van der Waals surface area contributed by atoms with E-state index in [-0.39, 0.29) is 22.3 Å². The molecule has 96 valence electrons. The molecule has 0 atom stereocenters. The van der Waals surface area contributed by atoms with Crippen LogP contribution in [-0.4, -0.2) is 23.6 Å². The van der Waals surface area contributed by atoms with E-state index in [1.54, 1.807) is 0 Å². The number of hydrogen-bond acceptors (Lipinski definition) is 4. The summed E-state index contributed by atoms with van der Waals surface area (Å²) in [5.74, 6) is -0.747. The minimum Gasteiger partial charge on any atom is -0.491 e. The van der Waals surface area contributed by atoms with Crippen molar-refractivity contribution in [3.05, 3.63) is 17.5 Å². The van der Waals surface area contributed by atoms with Gasteiger partial charge in [-0.1, -0.05) is 15.9 Å². The molecule has 0 radical (unpaired) electrons. The fraction of sp³-hybridized carbons (Fsp3) is 0.444. The minimum absolute atomic E-state index is 0.0569. The number of alkyl halides is 4. The van der Waals surface area contributed by atoms with Crippen molar-refractivity contribution < 1.29 is 27.8 Å². The van der Waals surface area contributed by atoms with Gasteiger partial charge in [-0.05, 0) is 0 Å². The Kier molecular flexibility index (Phi) is 4.58. The van der Waals surface area contributed by atoms with E-state index >= 15 is 0 Å². The molecule has 17 heavy (non-hydrogen) atoms. The Morgan fingerprint density at radius 1 is 1.47 bits per heavy atom. The molecular weight excluding hydrogens is 307 g/mol. The summed E-state index contributed by atoms with van der Waals surface area (Å²) in [4.78, 5) is 3.85. The molecule has 0 bridgehead atoms. The lowest BCUT2D eigenvalue weighted by atomic mass is 10.2. The molecule has 0 fully saturated rings. The van der Waals surface area contributed by atoms with Gasteiger partial charge in [-0.3, -0.25) is 4.98 Å². The van der Waals surface area contributed by atoms with Gasteiger partial charge >= 0.3 is 6.36 Å². The van der Waals surface area contributed by atoms with Gasteiger partial charge in [0.1, 0.15) is 0 Å². The molecule has 0 unspecified atom stereocenters. The molecule has 0 aliphatic heterocycles. The largest absolute Gasteiger partial charge is 0.573 e. The summed E-state index contributed by atoms with van der Waals surface area (Å²) in [6.07, 6.45) is -3.75. The van der Waals surface area contributed by atoms with Gasteiger partial charge in [0.15, 0.2) is 11.5 Å². The molecule has 0 spiro atoms. The number of ether oxygens (including phenoxy) is 2. The van der Waals surface area contributed by atoms with Crippen molar-refractivity contribution in [3.8, 4) is 11.5 Å². The molecule has 0 saturated heterocycles. The SMILES string of the molecule is COc1cnc(CBr)c(CO)c1OC(F)(F)F. The van der Waals surface area contributed by atoms with Crippen molar-refractivity contribution in [2.75, 3.05) is 7.11 Å². The number of nitrogens with zero attached hydrogens (tertiary/aromatic N) is 1. The first-order valence-electron chi connectivity index (χ1n) is 4.40. The number of aliphatic hydroxyl groups excluding tert-OH is 1. The highest BCUT2D eigenvalue weighted by Crippen LogP contribution is 2.36. The Labute approximate surface area is 103 Å². The van der Waals surface area contributed by atoms with Gasteiger partial charge in [0.05, 0.1) is 25.6 Å². The Hall–Kier alpha value is -1.02. The second kappa shape index (κ2) is 5.54. The van der Waals surface area contributed by atoms with E-state index in [4.69, 9.17) is 9.84 Å². The molecule has 0 saturated carbocycles. The second-order valence-electron chi connectivity index (χ2n) is 2.92. The van der Waals surface area contributed by atoms with Gasteiger partial charge in [0, 0.05) is 10.9 Å². The van der Waals surface area contributed by atoms with E-state index in [0.29, 0.717) is 0 Å². The average molecular weight is 316 g/mol. The number of pyridine rings is 1. The predicted molar refractivity (Wildman–Crippen MR) is 56.0 cm³/mol. The average Bonchev–Trinajstić information content (AvgIpc) is 2.26. The summed E-state index contributed by atoms with van der Waals surface area (Å²) in [5, 5.41) is 9.28. The summed E-state index contributed by atoms with van der Waals surface area (Å²) in [7, 11) is 1.19. The van der Waals surface area contributed by atoms with Crippen molar-refractivity contribution >= 4 is 15.9 Å². The van der Waals surface area contributed by atoms with Crippen LogP contribution < -0.4 is 9.47 Å². The standard InChI is InChI=1S/C9H9BrF3NO3/c1-16-7-3-14-6(2-10)5(4-15)8(7)17-9(11,12)13/h3,15H,2,4H2,1H3. The molecule has 4 nitrogen and oxygen atoms in total. The molecule has 0 amide bonds. The molecule has 0 aromatic carbocycles. The fourth-order valence-electron chi connectivity index (χ4n) is 1.20. The quantitative estimate of drug-likeness (QED) is 0.867. The molecular formula is C9H9BrF3NO3. The summed E-state index contributed by atoms with van der Waals surface area (Å²) in [5.41, 5.74) is 0.200. The third-order valence-corrected chi connectivity index (χ3v) is 2.44. The normalized spacial score (nSPS) is 11.4. The van der Waals surface area contributed by atoms with Crippen molar-refractivity contribution in [3.63, 3.8) is 0 Å². The van der Waals surface area contributed by atoms with Crippen molar-refractivity contribution in [2.24, 2.45) is 0 Å². The zero-order valence-electron chi connectivity index (χ0n) is 8.71. The summed E-state index contributed by atoms with van der Waals surface area (Å²) in [6.45, 7) is -0.628. The monoisotopic (exact) mass is 315 g/mol. The number of aliphatic hydroxyl groups is 1. The van der Waals surface area contributed by atoms with E-state index in [9.17, 15) is 13.2 Å². The Bertz CT molecular complexity index is 398. The van der Waals surface area contributed by atoms with Gasteiger partial charge in [0.25, 0.3) is 0 Å². The van der Waals surface area contributed by atoms with E-state index < -0.39 is 18.7 Å². The van der Waals surface area contributed by atoms with Gasteiger partial charge < -0.3 is 14.6 Å². The van der Waals surface area contributed by atoms with Crippen LogP contribution in [0.2, 0.25) is 0 Å². The van der Waals surface area contributed by atoms with Gasteiger partial charge in [-0.15, -0.1) is 13.2 Å². The maximum Gasteiger partial charge on any atom is 0.573 e.